The molecule has 176 valence electrons. The Morgan fingerprint density at radius 1 is 1.28 bits per heavy atom. The van der Waals surface area contributed by atoms with Gasteiger partial charge in [0.05, 0.1) is 17.2 Å². The van der Waals surface area contributed by atoms with Crippen LogP contribution in [0.1, 0.15) is 69.5 Å². The Labute approximate surface area is 190 Å². The van der Waals surface area contributed by atoms with Gasteiger partial charge in [-0.3, -0.25) is 4.79 Å². The first-order valence-corrected chi connectivity index (χ1v) is 12.0. The van der Waals surface area contributed by atoms with Crippen molar-refractivity contribution in [3.05, 3.63) is 17.3 Å². The first-order valence-electron chi connectivity index (χ1n) is 12.0. The van der Waals surface area contributed by atoms with Gasteiger partial charge in [-0.1, -0.05) is 13.3 Å². The number of carbonyl (C=O) groups excluding carboxylic acids is 2. The minimum atomic E-state index is -0.833. The van der Waals surface area contributed by atoms with Gasteiger partial charge in [0, 0.05) is 25.7 Å². The van der Waals surface area contributed by atoms with Crippen molar-refractivity contribution in [3.8, 4) is 5.75 Å². The van der Waals surface area contributed by atoms with Crippen LogP contribution in [0.4, 0.5) is 10.6 Å². The molecule has 4 rings (SSSR count). The van der Waals surface area contributed by atoms with Crippen LogP contribution in [0, 0.1) is 12.3 Å². The molecule has 2 amide bonds. The summed E-state index contributed by atoms with van der Waals surface area (Å²) in [7, 11) is 0. The van der Waals surface area contributed by atoms with Gasteiger partial charge in [0.25, 0.3) is 0 Å². The second-order valence-electron chi connectivity index (χ2n) is 9.76. The largest absolute Gasteiger partial charge is 0.410 e. The average molecular weight is 445 g/mol. The average Bonchev–Trinajstić information content (AvgIpc) is 3.06. The quantitative estimate of drug-likeness (QED) is 0.723. The Hall–Kier alpha value is -2.35. The van der Waals surface area contributed by atoms with E-state index in [1.807, 2.05) is 13.0 Å². The van der Waals surface area contributed by atoms with Gasteiger partial charge in [0.2, 0.25) is 5.91 Å². The van der Waals surface area contributed by atoms with Crippen LogP contribution in [0.25, 0.3) is 0 Å². The number of aliphatic hydroxyl groups excluding tert-OH is 1. The number of rotatable bonds is 5. The zero-order valence-corrected chi connectivity index (χ0v) is 19.3. The maximum absolute atomic E-state index is 13.6. The lowest BCUT2D eigenvalue weighted by Gasteiger charge is -2.41. The summed E-state index contributed by atoms with van der Waals surface area (Å²) in [6.45, 7) is 6.37. The van der Waals surface area contributed by atoms with Crippen LogP contribution in [-0.2, 0) is 11.2 Å². The van der Waals surface area contributed by atoms with Gasteiger partial charge in [0.15, 0.2) is 5.75 Å². The third-order valence-electron chi connectivity index (χ3n) is 7.45. The third-order valence-corrected chi connectivity index (χ3v) is 7.45. The molecule has 1 atom stereocenters. The number of carbonyl (C=O) groups is 2. The molecule has 1 spiro atoms. The van der Waals surface area contributed by atoms with E-state index in [1.165, 1.54) is 0 Å². The number of nitrogens with zero attached hydrogens (tertiary/aromatic N) is 3. The molecule has 8 nitrogen and oxygen atoms in total. The smallest absolute Gasteiger partial charge is 0.409 e. The van der Waals surface area contributed by atoms with Gasteiger partial charge in [-0.25, -0.2) is 9.78 Å². The Balaban J connectivity index is 1.54. The number of piperidine rings is 1. The van der Waals surface area contributed by atoms with E-state index in [0.717, 1.165) is 81.5 Å². The predicted molar refractivity (Wildman–Crippen MR) is 122 cm³/mol. The second kappa shape index (κ2) is 9.25. The van der Waals surface area contributed by atoms with Crippen LogP contribution in [0.2, 0.25) is 0 Å². The monoisotopic (exact) mass is 444 g/mol. The van der Waals surface area contributed by atoms with Crippen LogP contribution < -0.4 is 15.4 Å². The minimum Gasteiger partial charge on any atom is -0.409 e. The molecule has 0 radical (unpaired) electrons. The number of aromatic nitrogens is 1. The standard InChI is InChI=1S/C24H36N4O4/c1-3-5-19-20(32-23(25)31)14-16(2)21(26-19)27-12-4-10-24(15-27)11-13-28(22(24)30)17-6-8-18(29)9-7-17/h14,17-18,29H,3-13,15H2,1-2H3,(H2,25,31)/t17?,18?,24-/m1/s1. The number of likely N-dealkylation sites (tertiary alicyclic amines) is 1. The van der Waals surface area contributed by atoms with Crippen molar-refractivity contribution in [3.63, 3.8) is 0 Å². The summed E-state index contributed by atoms with van der Waals surface area (Å²) < 4.78 is 5.20. The molecule has 1 saturated carbocycles. The fourth-order valence-electron chi connectivity index (χ4n) is 5.81. The van der Waals surface area contributed by atoms with Crippen molar-refractivity contribution < 1.29 is 19.4 Å². The summed E-state index contributed by atoms with van der Waals surface area (Å²) in [6, 6.07) is 2.11. The van der Waals surface area contributed by atoms with Gasteiger partial charge < -0.3 is 25.4 Å². The van der Waals surface area contributed by atoms with Crippen molar-refractivity contribution in [1.82, 2.24) is 9.88 Å². The molecule has 1 aliphatic carbocycles. The predicted octanol–water partition coefficient (Wildman–Crippen LogP) is 2.92. The molecule has 8 heteroatoms. The molecule has 0 aromatic carbocycles. The Morgan fingerprint density at radius 3 is 2.72 bits per heavy atom. The lowest BCUT2D eigenvalue weighted by molar-refractivity contribution is -0.139. The number of aryl methyl sites for hydroxylation is 2. The molecule has 1 aromatic heterocycles. The van der Waals surface area contributed by atoms with Gasteiger partial charge in [-0.05, 0) is 69.9 Å². The highest BCUT2D eigenvalue weighted by molar-refractivity contribution is 5.86. The number of amides is 2. The number of anilines is 1. The highest BCUT2D eigenvalue weighted by Crippen LogP contribution is 2.44. The molecule has 0 bridgehead atoms. The fourth-order valence-corrected chi connectivity index (χ4v) is 5.81. The summed E-state index contributed by atoms with van der Waals surface area (Å²) in [5, 5.41) is 9.84. The van der Waals surface area contributed by atoms with E-state index in [-0.39, 0.29) is 23.5 Å². The topological polar surface area (TPSA) is 109 Å². The molecule has 1 aromatic rings. The number of aliphatic hydroxyl groups is 1. The van der Waals surface area contributed by atoms with Gasteiger partial charge in [0.1, 0.15) is 5.82 Å². The molecule has 2 saturated heterocycles. The van der Waals surface area contributed by atoms with Crippen LogP contribution in [-0.4, -0.2) is 58.8 Å². The zero-order chi connectivity index (χ0) is 22.9. The number of pyridine rings is 1. The summed E-state index contributed by atoms with van der Waals surface area (Å²) in [5.41, 5.74) is 6.54. The molecular weight excluding hydrogens is 408 g/mol. The molecule has 2 aliphatic heterocycles. The van der Waals surface area contributed by atoms with E-state index in [0.29, 0.717) is 18.7 Å². The van der Waals surface area contributed by atoms with Gasteiger partial charge in [-0.2, -0.15) is 0 Å². The number of primary amides is 1. The van der Waals surface area contributed by atoms with Crippen molar-refractivity contribution in [2.24, 2.45) is 11.1 Å². The summed E-state index contributed by atoms with van der Waals surface area (Å²) >= 11 is 0. The van der Waals surface area contributed by atoms with Crippen molar-refractivity contribution in [2.45, 2.75) is 83.8 Å². The molecule has 3 aliphatic rings. The number of nitrogens with two attached hydrogens (primary N) is 1. The Kier molecular flexibility index (Phi) is 6.60. The molecule has 32 heavy (non-hydrogen) atoms. The number of ether oxygens (including phenoxy) is 1. The van der Waals surface area contributed by atoms with Gasteiger partial charge in [-0.15, -0.1) is 0 Å². The fraction of sp³-hybridized carbons (Fsp3) is 0.708. The summed E-state index contributed by atoms with van der Waals surface area (Å²) in [6.07, 6.45) is 6.64. The molecule has 3 N–H and O–H groups in total. The van der Waals surface area contributed by atoms with Crippen LogP contribution in [0.15, 0.2) is 6.07 Å². The highest BCUT2D eigenvalue weighted by Gasteiger charge is 2.51. The van der Waals surface area contributed by atoms with E-state index < -0.39 is 6.09 Å². The molecule has 0 unspecified atom stereocenters. The van der Waals surface area contributed by atoms with Crippen molar-refractivity contribution in [1.29, 1.82) is 0 Å². The normalized spacial score (nSPS) is 28.4. The summed E-state index contributed by atoms with van der Waals surface area (Å²) in [5.74, 6) is 1.58. The SMILES string of the molecule is CCCc1nc(N2CCC[C@@]3(CCN(C4CCC(O)CC4)C3=O)C2)c(C)cc1OC(N)=O. The van der Waals surface area contributed by atoms with Crippen molar-refractivity contribution >= 4 is 17.8 Å². The van der Waals surface area contributed by atoms with Crippen LogP contribution >= 0.6 is 0 Å². The summed E-state index contributed by atoms with van der Waals surface area (Å²) in [4.78, 5) is 34.2. The van der Waals surface area contributed by atoms with E-state index in [9.17, 15) is 14.7 Å². The zero-order valence-electron chi connectivity index (χ0n) is 19.3. The minimum absolute atomic E-state index is 0.212. The second-order valence-corrected chi connectivity index (χ2v) is 9.76. The lowest BCUT2D eigenvalue weighted by atomic mass is 9.78. The van der Waals surface area contributed by atoms with Crippen LogP contribution in [0.3, 0.4) is 0 Å². The van der Waals surface area contributed by atoms with E-state index in [1.54, 1.807) is 0 Å². The molecule has 3 fully saturated rings. The Morgan fingerprint density at radius 2 is 2.03 bits per heavy atom. The number of hydrogen-bond acceptors (Lipinski definition) is 6. The first-order chi connectivity index (χ1) is 15.3. The molecule has 3 heterocycles. The molecular formula is C24H36N4O4. The van der Waals surface area contributed by atoms with Crippen LogP contribution in [0.5, 0.6) is 5.75 Å². The van der Waals surface area contributed by atoms with Crippen molar-refractivity contribution in [2.75, 3.05) is 24.5 Å². The third kappa shape index (κ3) is 4.42. The van der Waals surface area contributed by atoms with E-state index >= 15 is 0 Å². The maximum atomic E-state index is 13.6. The maximum Gasteiger partial charge on any atom is 0.410 e. The van der Waals surface area contributed by atoms with Gasteiger partial charge >= 0.3 is 6.09 Å². The van der Waals surface area contributed by atoms with E-state index in [2.05, 4.69) is 16.7 Å². The lowest BCUT2D eigenvalue weighted by Crippen LogP contribution is -2.50. The Bertz CT molecular complexity index is 868. The first kappa shape index (κ1) is 22.8. The number of hydrogen-bond donors (Lipinski definition) is 2. The van der Waals surface area contributed by atoms with E-state index in [4.69, 9.17) is 15.5 Å². The highest BCUT2D eigenvalue weighted by atomic mass is 16.5.